The fraction of sp³-hybridized carbons (Fsp3) is 0.333. The van der Waals surface area contributed by atoms with Gasteiger partial charge in [0.05, 0.1) is 6.04 Å². The molecule has 0 amide bonds. The molecule has 1 atom stereocenters. The van der Waals surface area contributed by atoms with Crippen LogP contribution in [0.4, 0.5) is 5.69 Å². The Kier molecular flexibility index (Phi) is 2.67. The van der Waals surface area contributed by atoms with Crippen molar-refractivity contribution in [3.05, 3.63) is 51.2 Å². The lowest BCUT2D eigenvalue weighted by Gasteiger charge is -2.10. The summed E-state index contributed by atoms with van der Waals surface area (Å²) in [5.41, 5.74) is 4.30. The summed E-state index contributed by atoms with van der Waals surface area (Å²) in [5.74, 6) is 0. The van der Waals surface area contributed by atoms with Crippen LogP contribution in [-0.4, -0.2) is 0 Å². The average Bonchev–Trinajstić information content (AvgIpc) is 2.93. The van der Waals surface area contributed by atoms with Crippen LogP contribution in [0, 0.1) is 6.92 Å². The molecule has 1 unspecified atom stereocenters. The highest BCUT2D eigenvalue weighted by Crippen LogP contribution is 2.38. The molecular weight excluding hydrogens is 226 g/mol. The number of benzene rings is 1. The molecule has 1 nitrogen and oxygen atoms in total. The summed E-state index contributed by atoms with van der Waals surface area (Å²) in [6.45, 7) is 4.40. The van der Waals surface area contributed by atoms with Crippen LogP contribution in [0.5, 0.6) is 0 Å². The zero-order valence-electron chi connectivity index (χ0n) is 10.3. The topological polar surface area (TPSA) is 12.0 Å². The van der Waals surface area contributed by atoms with Crippen molar-refractivity contribution in [2.45, 2.75) is 32.7 Å². The van der Waals surface area contributed by atoms with E-state index in [4.69, 9.17) is 0 Å². The van der Waals surface area contributed by atoms with Crippen LogP contribution < -0.4 is 5.32 Å². The maximum Gasteiger partial charge on any atom is 0.0647 e. The van der Waals surface area contributed by atoms with Crippen molar-refractivity contribution in [1.82, 2.24) is 0 Å². The summed E-state index contributed by atoms with van der Waals surface area (Å²) >= 11 is 1.91. The van der Waals surface area contributed by atoms with Crippen LogP contribution >= 0.6 is 11.3 Å². The van der Waals surface area contributed by atoms with Crippen LogP contribution in [0.1, 0.15) is 33.8 Å². The van der Waals surface area contributed by atoms with Gasteiger partial charge in [0.15, 0.2) is 0 Å². The lowest BCUT2D eigenvalue weighted by Crippen LogP contribution is -2.03. The second kappa shape index (κ2) is 4.19. The van der Waals surface area contributed by atoms with Gasteiger partial charge in [0.25, 0.3) is 0 Å². The summed E-state index contributed by atoms with van der Waals surface area (Å²) < 4.78 is 0. The van der Waals surface area contributed by atoms with Gasteiger partial charge in [0.1, 0.15) is 0 Å². The Morgan fingerprint density at radius 2 is 2.18 bits per heavy atom. The van der Waals surface area contributed by atoms with Crippen LogP contribution in [0.15, 0.2) is 30.3 Å². The second-order valence-electron chi connectivity index (χ2n) is 4.65. The van der Waals surface area contributed by atoms with Gasteiger partial charge in [-0.1, -0.05) is 25.1 Å². The fourth-order valence-electron chi connectivity index (χ4n) is 2.56. The van der Waals surface area contributed by atoms with Gasteiger partial charge < -0.3 is 5.32 Å². The van der Waals surface area contributed by atoms with E-state index in [0.717, 1.165) is 12.8 Å². The first-order chi connectivity index (χ1) is 8.28. The molecule has 1 N–H and O–H groups in total. The Morgan fingerprint density at radius 1 is 1.29 bits per heavy atom. The van der Waals surface area contributed by atoms with Gasteiger partial charge in [-0.2, -0.15) is 0 Å². The molecule has 17 heavy (non-hydrogen) atoms. The molecule has 0 fully saturated rings. The number of nitrogens with one attached hydrogen (secondary N) is 1. The first kappa shape index (κ1) is 10.8. The van der Waals surface area contributed by atoms with Gasteiger partial charge in [-0.25, -0.2) is 0 Å². The molecular formula is C15H17NS. The van der Waals surface area contributed by atoms with Crippen molar-refractivity contribution in [1.29, 1.82) is 0 Å². The van der Waals surface area contributed by atoms with Crippen molar-refractivity contribution in [2.75, 3.05) is 5.32 Å². The minimum absolute atomic E-state index is 0.483. The summed E-state index contributed by atoms with van der Waals surface area (Å²) in [6.07, 6.45) is 2.23. The number of hydrogen-bond acceptors (Lipinski definition) is 2. The Hall–Kier alpha value is -1.28. The molecule has 0 saturated heterocycles. The number of hydrogen-bond donors (Lipinski definition) is 1. The van der Waals surface area contributed by atoms with E-state index in [1.165, 1.54) is 26.6 Å². The third-order valence-corrected chi connectivity index (χ3v) is 4.58. The second-order valence-corrected chi connectivity index (χ2v) is 5.97. The maximum atomic E-state index is 3.69. The molecule has 2 heterocycles. The first-order valence-electron chi connectivity index (χ1n) is 6.21. The van der Waals surface area contributed by atoms with Gasteiger partial charge in [-0.15, -0.1) is 11.3 Å². The number of para-hydroxylation sites is 1. The summed E-state index contributed by atoms with van der Waals surface area (Å²) in [6, 6.07) is 11.6. The van der Waals surface area contributed by atoms with E-state index in [1.807, 2.05) is 11.3 Å². The van der Waals surface area contributed by atoms with E-state index in [9.17, 15) is 0 Å². The molecule has 1 aliphatic rings. The molecule has 2 aromatic rings. The summed E-state index contributed by atoms with van der Waals surface area (Å²) in [4.78, 5) is 2.86. The Balaban J connectivity index is 1.92. The third kappa shape index (κ3) is 1.87. The Bertz CT molecular complexity index is 542. The molecule has 1 aliphatic heterocycles. The highest BCUT2D eigenvalue weighted by Gasteiger charge is 2.24. The molecule has 0 radical (unpaired) electrons. The molecule has 88 valence electrons. The molecule has 0 saturated carbocycles. The highest BCUT2D eigenvalue weighted by atomic mass is 32.1. The van der Waals surface area contributed by atoms with Crippen LogP contribution in [0.2, 0.25) is 0 Å². The molecule has 0 spiro atoms. The molecule has 0 aliphatic carbocycles. The average molecular weight is 243 g/mol. The minimum atomic E-state index is 0.483. The van der Waals surface area contributed by atoms with E-state index < -0.39 is 0 Å². The zero-order valence-corrected chi connectivity index (χ0v) is 11.1. The molecule has 2 heteroatoms. The van der Waals surface area contributed by atoms with Gasteiger partial charge in [-0.05, 0) is 43.0 Å². The monoisotopic (exact) mass is 243 g/mol. The normalized spacial score (nSPS) is 17.9. The van der Waals surface area contributed by atoms with Crippen molar-refractivity contribution >= 4 is 17.0 Å². The van der Waals surface area contributed by atoms with Gasteiger partial charge in [0, 0.05) is 15.4 Å². The summed E-state index contributed by atoms with van der Waals surface area (Å²) in [5, 5.41) is 3.69. The fourth-order valence-corrected chi connectivity index (χ4v) is 3.49. The van der Waals surface area contributed by atoms with E-state index in [2.05, 4.69) is 49.5 Å². The smallest absolute Gasteiger partial charge is 0.0647 e. The minimum Gasteiger partial charge on any atom is -0.377 e. The van der Waals surface area contributed by atoms with E-state index >= 15 is 0 Å². The third-order valence-electron chi connectivity index (χ3n) is 3.47. The SMILES string of the molecule is CCc1cccc2c1NC(c1ccc(C)s1)C2. The molecule has 3 rings (SSSR count). The zero-order chi connectivity index (χ0) is 11.8. The summed E-state index contributed by atoms with van der Waals surface area (Å²) in [7, 11) is 0. The quantitative estimate of drug-likeness (QED) is 0.828. The lowest BCUT2D eigenvalue weighted by atomic mass is 10.0. The standard InChI is InChI=1S/C15H17NS/c1-3-11-5-4-6-12-9-13(16-15(11)12)14-8-7-10(2)17-14/h4-8,13,16H,3,9H2,1-2H3. The molecule has 1 aromatic heterocycles. The van der Waals surface area contributed by atoms with E-state index in [-0.39, 0.29) is 0 Å². The van der Waals surface area contributed by atoms with Gasteiger partial charge >= 0.3 is 0 Å². The highest BCUT2D eigenvalue weighted by molar-refractivity contribution is 7.12. The first-order valence-corrected chi connectivity index (χ1v) is 7.03. The number of anilines is 1. The van der Waals surface area contributed by atoms with Crippen molar-refractivity contribution in [3.63, 3.8) is 0 Å². The number of aryl methyl sites for hydroxylation is 2. The van der Waals surface area contributed by atoms with E-state index in [1.54, 1.807) is 0 Å². The maximum absolute atomic E-state index is 3.69. The largest absolute Gasteiger partial charge is 0.377 e. The molecule has 1 aromatic carbocycles. The van der Waals surface area contributed by atoms with Crippen molar-refractivity contribution in [2.24, 2.45) is 0 Å². The van der Waals surface area contributed by atoms with Crippen molar-refractivity contribution in [3.8, 4) is 0 Å². The number of rotatable bonds is 2. The van der Waals surface area contributed by atoms with Gasteiger partial charge in [-0.3, -0.25) is 0 Å². The lowest BCUT2D eigenvalue weighted by molar-refractivity contribution is 0.843. The van der Waals surface area contributed by atoms with Gasteiger partial charge in [0.2, 0.25) is 0 Å². The predicted molar refractivity (Wildman–Crippen MR) is 74.9 cm³/mol. The molecule has 0 bridgehead atoms. The number of thiophene rings is 1. The van der Waals surface area contributed by atoms with Crippen molar-refractivity contribution < 1.29 is 0 Å². The number of fused-ring (bicyclic) bond motifs is 1. The van der Waals surface area contributed by atoms with Crippen LogP contribution in [0.3, 0.4) is 0 Å². The Morgan fingerprint density at radius 3 is 2.88 bits per heavy atom. The van der Waals surface area contributed by atoms with Crippen LogP contribution in [0.25, 0.3) is 0 Å². The van der Waals surface area contributed by atoms with Crippen LogP contribution in [-0.2, 0) is 12.8 Å². The predicted octanol–water partition coefficient (Wildman–Crippen LogP) is 4.33. The Labute approximate surface area is 106 Å². The van der Waals surface area contributed by atoms with E-state index in [0.29, 0.717) is 6.04 Å².